The van der Waals surface area contributed by atoms with Crippen LogP contribution in [-0.4, -0.2) is 15.4 Å². The van der Waals surface area contributed by atoms with Gasteiger partial charge in [-0.05, 0) is 30.3 Å². The molecule has 0 aliphatic heterocycles. The van der Waals surface area contributed by atoms with Crippen LogP contribution >= 0.6 is 34.8 Å². The number of alkyl halides is 1. The molecule has 108 valence electrons. The maximum Gasteiger partial charge on any atom is 0.148 e. The molecule has 21 heavy (non-hydrogen) atoms. The van der Waals surface area contributed by atoms with Gasteiger partial charge >= 0.3 is 0 Å². The first kappa shape index (κ1) is 14.6. The van der Waals surface area contributed by atoms with Crippen LogP contribution in [0.15, 0.2) is 36.4 Å². The number of fused-ring (bicyclic) bond motifs is 1. The molecule has 0 saturated carbocycles. The summed E-state index contributed by atoms with van der Waals surface area (Å²) < 4.78 is 16.0. The van der Waals surface area contributed by atoms with Gasteiger partial charge in [-0.25, -0.2) is 9.37 Å². The number of nitrogens with zero attached hydrogens (tertiary/aromatic N) is 2. The molecule has 0 atom stereocenters. The smallest absolute Gasteiger partial charge is 0.148 e. The average molecular weight is 344 g/mol. The van der Waals surface area contributed by atoms with Crippen molar-refractivity contribution in [1.82, 2.24) is 9.55 Å². The van der Waals surface area contributed by atoms with Crippen molar-refractivity contribution < 1.29 is 4.39 Å². The first-order chi connectivity index (χ1) is 10.1. The highest BCUT2D eigenvalue weighted by atomic mass is 35.5. The van der Waals surface area contributed by atoms with Crippen molar-refractivity contribution >= 4 is 45.8 Å². The third-order valence-corrected chi connectivity index (χ3v) is 3.89. The predicted octanol–water partition coefficient (Wildman–Crippen LogP) is 5.25. The maximum atomic E-state index is 14.3. The Morgan fingerprint density at radius 1 is 1.14 bits per heavy atom. The van der Waals surface area contributed by atoms with Crippen LogP contribution in [0.5, 0.6) is 0 Å². The minimum atomic E-state index is -0.433. The van der Waals surface area contributed by atoms with E-state index in [4.69, 9.17) is 34.8 Å². The molecule has 0 aliphatic carbocycles. The molecule has 0 spiro atoms. The third kappa shape index (κ3) is 2.61. The molecular weight excluding hydrogens is 334 g/mol. The molecule has 3 rings (SSSR count). The zero-order chi connectivity index (χ0) is 15.0. The number of aromatic nitrogens is 2. The van der Waals surface area contributed by atoms with Gasteiger partial charge in [-0.2, -0.15) is 0 Å². The van der Waals surface area contributed by atoms with E-state index in [1.807, 2.05) is 12.1 Å². The Hall–Kier alpha value is -1.29. The molecule has 2 nitrogen and oxygen atoms in total. The Morgan fingerprint density at radius 2 is 1.95 bits per heavy atom. The Labute approximate surface area is 136 Å². The lowest BCUT2D eigenvalue weighted by atomic mass is 10.2. The molecule has 0 saturated heterocycles. The van der Waals surface area contributed by atoms with E-state index in [-0.39, 0.29) is 0 Å². The van der Waals surface area contributed by atoms with Crippen LogP contribution in [-0.2, 0) is 6.42 Å². The van der Waals surface area contributed by atoms with Gasteiger partial charge in [0.15, 0.2) is 0 Å². The van der Waals surface area contributed by atoms with Crippen LogP contribution < -0.4 is 0 Å². The molecule has 3 aromatic rings. The van der Waals surface area contributed by atoms with Gasteiger partial charge in [-0.1, -0.05) is 29.3 Å². The van der Waals surface area contributed by atoms with Crippen LogP contribution in [0.25, 0.3) is 16.7 Å². The number of aryl methyl sites for hydroxylation is 1. The lowest BCUT2D eigenvalue weighted by molar-refractivity contribution is 0.617. The topological polar surface area (TPSA) is 17.8 Å². The van der Waals surface area contributed by atoms with Crippen LogP contribution in [0.1, 0.15) is 5.82 Å². The van der Waals surface area contributed by atoms with E-state index in [0.717, 1.165) is 0 Å². The summed E-state index contributed by atoms with van der Waals surface area (Å²) in [4.78, 5) is 4.50. The number of halogens is 4. The largest absolute Gasteiger partial charge is 0.292 e. The van der Waals surface area contributed by atoms with E-state index in [2.05, 4.69) is 4.98 Å². The van der Waals surface area contributed by atoms with Crippen molar-refractivity contribution in [3.8, 4) is 5.69 Å². The summed E-state index contributed by atoms with van der Waals surface area (Å²) in [7, 11) is 0. The fourth-order valence-corrected chi connectivity index (χ4v) is 2.89. The van der Waals surface area contributed by atoms with E-state index >= 15 is 0 Å². The molecule has 0 aliphatic rings. The van der Waals surface area contributed by atoms with Gasteiger partial charge in [0, 0.05) is 17.3 Å². The fourth-order valence-electron chi connectivity index (χ4n) is 2.31. The quantitative estimate of drug-likeness (QED) is 0.594. The second-order valence-electron chi connectivity index (χ2n) is 4.51. The number of imidazole rings is 1. The maximum absolute atomic E-state index is 14.3. The summed E-state index contributed by atoms with van der Waals surface area (Å²) in [6.07, 6.45) is 0.509. The van der Waals surface area contributed by atoms with E-state index < -0.39 is 5.82 Å². The van der Waals surface area contributed by atoms with E-state index in [9.17, 15) is 4.39 Å². The Balaban J connectivity index is 2.35. The third-order valence-electron chi connectivity index (χ3n) is 3.17. The average Bonchev–Trinajstić information content (AvgIpc) is 2.79. The van der Waals surface area contributed by atoms with Gasteiger partial charge in [-0.15, -0.1) is 11.6 Å². The Kier molecular flexibility index (Phi) is 4.07. The van der Waals surface area contributed by atoms with Crippen molar-refractivity contribution in [3.63, 3.8) is 0 Å². The second kappa shape index (κ2) is 5.84. The highest BCUT2D eigenvalue weighted by molar-refractivity contribution is 6.35. The summed E-state index contributed by atoms with van der Waals surface area (Å²) >= 11 is 17.9. The van der Waals surface area contributed by atoms with Crippen molar-refractivity contribution in [2.75, 3.05) is 5.88 Å². The summed E-state index contributed by atoms with van der Waals surface area (Å²) in [6, 6.07) is 9.91. The Bertz CT molecular complexity index is 814. The van der Waals surface area contributed by atoms with Crippen molar-refractivity contribution in [1.29, 1.82) is 0 Å². The van der Waals surface area contributed by atoms with Crippen molar-refractivity contribution in [2.24, 2.45) is 0 Å². The van der Waals surface area contributed by atoms with Gasteiger partial charge in [0.2, 0.25) is 0 Å². The van der Waals surface area contributed by atoms with Crippen LogP contribution in [0, 0.1) is 5.82 Å². The summed E-state index contributed by atoms with van der Waals surface area (Å²) in [5.41, 5.74) is 1.73. The number of benzene rings is 2. The molecule has 0 amide bonds. The van der Waals surface area contributed by atoms with Gasteiger partial charge in [0.1, 0.15) is 11.6 Å². The zero-order valence-corrected chi connectivity index (χ0v) is 13.1. The summed E-state index contributed by atoms with van der Waals surface area (Å²) in [6.45, 7) is 0. The monoisotopic (exact) mass is 342 g/mol. The molecule has 1 aromatic heterocycles. The van der Waals surface area contributed by atoms with Crippen molar-refractivity contribution in [3.05, 3.63) is 58.1 Å². The molecule has 0 N–H and O–H groups in total. The van der Waals surface area contributed by atoms with E-state index in [1.54, 1.807) is 22.8 Å². The molecule has 2 aromatic carbocycles. The minimum absolute atomic E-state index is 0.339. The number of rotatable bonds is 3. The summed E-state index contributed by atoms with van der Waals surface area (Å²) in [5, 5.41) is 0.848. The Morgan fingerprint density at radius 3 is 2.67 bits per heavy atom. The molecular formula is C15H10Cl3FN2. The molecule has 1 heterocycles. The van der Waals surface area contributed by atoms with Gasteiger partial charge in [0.05, 0.1) is 21.7 Å². The van der Waals surface area contributed by atoms with Gasteiger partial charge in [0.25, 0.3) is 0 Å². The fraction of sp³-hybridized carbons (Fsp3) is 0.133. The first-order valence-electron chi connectivity index (χ1n) is 6.29. The van der Waals surface area contributed by atoms with Crippen molar-refractivity contribution in [2.45, 2.75) is 6.42 Å². The summed E-state index contributed by atoms with van der Waals surface area (Å²) in [5.74, 6) is 0.614. The molecule has 0 unspecified atom stereocenters. The standard InChI is InChI=1S/C15H10Cl3FN2/c16-7-6-14-20-12-3-1-2-10(18)15(12)21(14)13-5-4-9(17)8-11(13)19/h1-5,8H,6-7H2. The highest BCUT2D eigenvalue weighted by Gasteiger charge is 2.17. The van der Waals surface area contributed by atoms with E-state index in [0.29, 0.717) is 44.9 Å². The number of para-hydroxylation sites is 1. The molecule has 0 radical (unpaired) electrons. The van der Waals surface area contributed by atoms with Gasteiger partial charge in [-0.3, -0.25) is 4.57 Å². The number of hydrogen-bond donors (Lipinski definition) is 0. The second-order valence-corrected chi connectivity index (χ2v) is 5.73. The van der Waals surface area contributed by atoms with Crippen LogP contribution in [0.4, 0.5) is 4.39 Å². The SMILES string of the molecule is Fc1cc(Cl)ccc1-n1c(CCCl)nc2cccc(Cl)c21. The normalized spacial score (nSPS) is 11.2. The highest BCUT2D eigenvalue weighted by Crippen LogP contribution is 2.30. The first-order valence-corrected chi connectivity index (χ1v) is 7.58. The minimum Gasteiger partial charge on any atom is -0.292 e. The van der Waals surface area contributed by atoms with Crippen LogP contribution in [0.2, 0.25) is 10.0 Å². The lowest BCUT2D eigenvalue weighted by Crippen LogP contribution is -2.04. The molecule has 0 bridgehead atoms. The predicted molar refractivity (Wildman–Crippen MR) is 85.5 cm³/mol. The molecule has 0 fully saturated rings. The van der Waals surface area contributed by atoms with Crippen LogP contribution in [0.3, 0.4) is 0 Å². The number of hydrogen-bond acceptors (Lipinski definition) is 1. The molecule has 6 heteroatoms. The lowest BCUT2D eigenvalue weighted by Gasteiger charge is -2.10. The zero-order valence-electron chi connectivity index (χ0n) is 10.8. The van der Waals surface area contributed by atoms with Gasteiger partial charge < -0.3 is 0 Å². The van der Waals surface area contributed by atoms with E-state index in [1.165, 1.54) is 6.07 Å².